The summed E-state index contributed by atoms with van der Waals surface area (Å²) in [6, 6.07) is 18.6. The van der Waals surface area contributed by atoms with Gasteiger partial charge in [0, 0.05) is 42.8 Å². The lowest BCUT2D eigenvalue weighted by atomic mass is 10.2. The lowest BCUT2D eigenvalue weighted by molar-refractivity contribution is 0.143. The SMILES string of the molecule is O=C(Nc1cccc2nsnc12)N1CCN(Cc2cccc(Oc3cc(Cl)cc(Cl)c3)c2)CC1. The molecule has 1 saturated heterocycles. The third kappa shape index (κ3) is 5.42. The fraction of sp³-hybridized carbons (Fsp3) is 0.208. The molecule has 0 atom stereocenters. The normalized spacial score (nSPS) is 14.4. The maximum Gasteiger partial charge on any atom is 0.321 e. The zero-order valence-electron chi connectivity index (χ0n) is 18.1. The molecule has 4 aromatic rings. The fourth-order valence-corrected chi connectivity index (χ4v) is 4.96. The molecule has 1 N–H and O–H groups in total. The van der Waals surface area contributed by atoms with E-state index < -0.39 is 0 Å². The molecule has 1 aromatic heterocycles. The zero-order valence-corrected chi connectivity index (χ0v) is 20.4. The van der Waals surface area contributed by atoms with Gasteiger partial charge >= 0.3 is 6.03 Å². The Labute approximate surface area is 211 Å². The number of rotatable bonds is 5. The van der Waals surface area contributed by atoms with Crippen LogP contribution in [0.15, 0.2) is 60.7 Å². The average molecular weight is 514 g/mol. The summed E-state index contributed by atoms with van der Waals surface area (Å²) < 4.78 is 14.5. The molecule has 0 spiro atoms. The number of carbonyl (C=O) groups excluding carboxylic acids is 1. The summed E-state index contributed by atoms with van der Waals surface area (Å²) in [6.45, 7) is 3.63. The van der Waals surface area contributed by atoms with Crippen molar-refractivity contribution in [3.8, 4) is 11.5 Å². The van der Waals surface area contributed by atoms with Gasteiger partial charge in [-0.1, -0.05) is 41.4 Å². The molecular formula is C24H21Cl2N5O2S. The van der Waals surface area contributed by atoms with Gasteiger partial charge in [-0.3, -0.25) is 4.90 Å². The van der Waals surface area contributed by atoms with Crippen molar-refractivity contribution in [3.63, 3.8) is 0 Å². The molecule has 0 saturated carbocycles. The monoisotopic (exact) mass is 513 g/mol. The van der Waals surface area contributed by atoms with E-state index in [1.54, 1.807) is 18.2 Å². The molecule has 5 rings (SSSR count). The van der Waals surface area contributed by atoms with Crippen LogP contribution in [0.1, 0.15) is 5.56 Å². The zero-order chi connectivity index (χ0) is 23.5. The first-order chi connectivity index (χ1) is 16.5. The molecule has 34 heavy (non-hydrogen) atoms. The summed E-state index contributed by atoms with van der Waals surface area (Å²) in [5.74, 6) is 1.32. The van der Waals surface area contributed by atoms with E-state index in [0.29, 0.717) is 34.6 Å². The van der Waals surface area contributed by atoms with Crippen LogP contribution in [-0.2, 0) is 6.54 Å². The van der Waals surface area contributed by atoms with Crippen molar-refractivity contribution in [1.29, 1.82) is 0 Å². The van der Waals surface area contributed by atoms with E-state index in [2.05, 4.69) is 25.0 Å². The van der Waals surface area contributed by atoms with E-state index in [4.69, 9.17) is 27.9 Å². The number of carbonyl (C=O) groups is 1. The number of halogens is 2. The first-order valence-corrected chi connectivity index (χ1v) is 12.2. The van der Waals surface area contributed by atoms with Crippen LogP contribution in [0.4, 0.5) is 10.5 Å². The second kappa shape index (κ2) is 10.1. The molecule has 0 radical (unpaired) electrons. The predicted molar refractivity (Wildman–Crippen MR) is 136 cm³/mol. The molecule has 1 fully saturated rings. The number of fused-ring (bicyclic) bond motifs is 1. The highest BCUT2D eigenvalue weighted by Crippen LogP contribution is 2.29. The standard InChI is InChI=1S/C24H21Cl2N5O2S/c25-17-12-18(26)14-20(13-17)33-19-4-1-3-16(11-19)15-30-7-9-31(10-8-30)24(32)27-21-5-2-6-22-23(21)29-34-28-22/h1-6,11-14H,7-10,15H2,(H,27,32). The fourth-order valence-electron chi connectivity index (χ4n) is 3.90. The Hall–Kier alpha value is -2.91. The minimum Gasteiger partial charge on any atom is -0.457 e. The number of anilines is 1. The number of ether oxygens (including phenoxy) is 1. The molecule has 7 nitrogen and oxygen atoms in total. The van der Waals surface area contributed by atoms with Crippen molar-refractivity contribution in [1.82, 2.24) is 18.5 Å². The van der Waals surface area contributed by atoms with Crippen molar-refractivity contribution < 1.29 is 9.53 Å². The van der Waals surface area contributed by atoms with Crippen molar-refractivity contribution in [2.45, 2.75) is 6.54 Å². The molecule has 2 heterocycles. The highest BCUT2D eigenvalue weighted by Gasteiger charge is 2.22. The Morgan fingerprint density at radius 3 is 2.50 bits per heavy atom. The average Bonchev–Trinajstić information content (AvgIpc) is 3.29. The lowest BCUT2D eigenvalue weighted by Gasteiger charge is -2.34. The van der Waals surface area contributed by atoms with Gasteiger partial charge in [-0.25, -0.2) is 4.79 Å². The summed E-state index contributed by atoms with van der Waals surface area (Å²) in [5.41, 5.74) is 3.33. The molecule has 1 aliphatic heterocycles. The number of aromatic nitrogens is 2. The summed E-state index contributed by atoms with van der Waals surface area (Å²) in [6.07, 6.45) is 0. The largest absolute Gasteiger partial charge is 0.457 e. The first-order valence-electron chi connectivity index (χ1n) is 10.8. The number of nitrogens with zero attached hydrogens (tertiary/aromatic N) is 4. The van der Waals surface area contributed by atoms with Gasteiger partial charge in [0.05, 0.1) is 17.4 Å². The van der Waals surface area contributed by atoms with Crippen molar-refractivity contribution in [2.75, 3.05) is 31.5 Å². The Morgan fingerprint density at radius 1 is 0.941 bits per heavy atom. The van der Waals surface area contributed by atoms with Crippen LogP contribution in [0.25, 0.3) is 11.0 Å². The second-order valence-electron chi connectivity index (χ2n) is 7.99. The first kappa shape index (κ1) is 22.9. The van der Waals surface area contributed by atoms with Gasteiger partial charge < -0.3 is 15.0 Å². The van der Waals surface area contributed by atoms with Crippen LogP contribution >= 0.6 is 34.9 Å². The van der Waals surface area contributed by atoms with E-state index in [1.807, 2.05) is 41.3 Å². The van der Waals surface area contributed by atoms with Crippen LogP contribution in [0.2, 0.25) is 10.0 Å². The summed E-state index contributed by atoms with van der Waals surface area (Å²) in [7, 11) is 0. The van der Waals surface area contributed by atoms with Crippen LogP contribution in [0, 0.1) is 0 Å². The van der Waals surface area contributed by atoms with Gasteiger partial charge in [0.15, 0.2) is 0 Å². The Bertz CT molecular complexity index is 1300. The summed E-state index contributed by atoms with van der Waals surface area (Å²) >= 11 is 13.3. The maximum atomic E-state index is 12.8. The van der Waals surface area contributed by atoms with Gasteiger partial charge in [0.2, 0.25) is 0 Å². The van der Waals surface area contributed by atoms with Crippen LogP contribution in [-0.4, -0.2) is 50.8 Å². The third-order valence-electron chi connectivity index (χ3n) is 5.56. The molecule has 1 aliphatic rings. The quantitative estimate of drug-likeness (QED) is 0.347. The van der Waals surface area contributed by atoms with E-state index in [0.717, 1.165) is 53.7 Å². The molecule has 174 valence electrons. The topological polar surface area (TPSA) is 70.6 Å². The van der Waals surface area contributed by atoms with E-state index in [1.165, 1.54) is 0 Å². The maximum absolute atomic E-state index is 12.8. The van der Waals surface area contributed by atoms with Crippen molar-refractivity contribution >= 4 is 57.7 Å². The number of hydrogen-bond acceptors (Lipinski definition) is 6. The van der Waals surface area contributed by atoms with E-state index in [-0.39, 0.29) is 6.03 Å². The van der Waals surface area contributed by atoms with Crippen LogP contribution in [0.5, 0.6) is 11.5 Å². The molecule has 2 amide bonds. The molecule has 0 aliphatic carbocycles. The molecule has 0 unspecified atom stereocenters. The van der Waals surface area contributed by atoms with Gasteiger partial charge in [0.1, 0.15) is 22.5 Å². The van der Waals surface area contributed by atoms with Gasteiger partial charge in [-0.15, -0.1) is 0 Å². The smallest absolute Gasteiger partial charge is 0.321 e. The number of hydrogen-bond donors (Lipinski definition) is 1. The van der Waals surface area contributed by atoms with Crippen molar-refractivity contribution in [3.05, 3.63) is 76.3 Å². The number of benzene rings is 3. The third-order valence-corrected chi connectivity index (χ3v) is 6.54. The Kier molecular flexibility index (Phi) is 6.82. The highest BCUT2D eigenvalue weighted by molar-refractivity contribution is 7.00. The Balaban J connectivity index is 1.16. The van der Waals surface area contributed by atoms with Gasteiger partial charge in [0.25, 0.3) is 0 Å². The number of amides is 2. The number of piperazine rings is 1. The summed E-state index contributed by atoms with van der Waals surface area (Å²) in [5, 5.41) is 4.04. The van der Waals surface area contributed by atoms with E-state index >= 15 is 0 Å². The van der Waals surface area contributed by atoms with Crippen molar-refractivity contribution in [2.24, 2.45) is 0 Å². The second-order valence-corrected chi connectivity index (χ2v) is 9.39. The lowest BCUT2D eigenvalue weighted by Crippen LogP contribution is -2.49. The molecule has 10 heteroatoms. The van der Waals surface area contributed by atoms with E-state index in [9.17, 15) is 4.79 Å². The Morgan fingerprint density at radius 2 is 1.71 bits per heavy atom. The summed E-state index contributed by atoms with van der Waals surface area (Å²) in [4.78, 5) is 16.9. The van der Waals surface area contributed by atoms with Crippen LogP contribution < -0.4 is 10.1 Å². The molecule has 0 bridgehead atoms. The van der Waals surface area contributed by atoms with Gasteiger partial charge in [-0.05, 0) is 48.0 Å². The highest BCUT2D eigenvalue weighted by atomic mass is 35.5. The van der Waals surface area contributed by atoms with Gasteiger partial charge in [-0.2, -0.15) is 8.75 Å². The predicted octanol–water partition coefficient (Wildman–Crippen LogP) is 6.14. The molecular weight excluding hydrogens is 493 g/mol. The minimum absolute atomic E-state index is 0.115. The molecule has 3 aromatic carbocycles. The number of nitrogens with one attached hydrogen (secondary N) is 1. The van der Waals surface area contributed by atoms with Crippen LogP contribution in [0.3, 0.4) is 0 Å². The number of urea groups is 1. The minimum atomic E-state index is -0.115.